The first kappa shape index (κ1) is 20.4. The van der Waals surface area contributed by atoms with Gasteiger partial charge in [0.05, 0.1) is 6.61 Å². The fourth-order valence-electron chi connectivity index (χ4n) is 3.13. The molecule has 2 aromatic carbocycles. The lowest BCUT2D eigenvalue weighted by atomic mass is 10.1. The van der Waals surface area contributed by atoms with E-state index in [9.17, 15) is 23.9 Å². The van der Waals surface area contributed by atoms with Crippen molar-refractivity contribution in [1.29, 1.82) is 0 Å². The Hall–Kier alpha value is -3.83. The molecule has 0 saturated carbocycles. The van der Waals surface area contributed by atoms with Gasteiger partial charge in [0.15, 0.2) is 18.0 Å². The average molecular weight is 428 g/mol. The third kappa shape index (κ3) is 4.37. The number of carbonyl (C=O) groups is 2. The normalized spacial score (nSPS) is 17.4. The Morgan fingerprint density at radius 2 is 1.90 bits per heavy atom. The van der Waals surface area contributed by atoms with Crippen molar-refractivity contribution in [2.75, 3.05) is 23.4 Å². The molecule has 0 spiro atoms. The summed E-state index contributed by atoms with van der Waals surface area (Å²) < 4.78 is 22.9. The molecule has 11 heteroatoms. The fourth-order valence-corrected chi connectivity index (χ4v) is 3.13. The SMILES string of the molecule is O=C(Nc1ccc(-c2noc(=O)[nH]2)cc1)[C@H](O)[C@H]1OCCN(c2ccc(F)cc2)C1=O. The minimum atomic E-state index is -1.76. The van der Waals surface area contributed by atoms with Gasteiger partial charge in [0, 0.05) is 23.5 Å². The number of hydrogen-bond donors (Lipinski definition) is 3. The quantitative estimate of drug-likeness (QED) is 0.549. The lowest BCUT2D eigenvalue weighted by molar-refractivity contribution is -0.150. The number of morpholine rings is 1. The summed E-state index contributed by atoms with van der Waals surface area (Å²) in [6, 6.07) is 11.5. The van der Waals surface area contributed by atoms with Crippen LogP contribution < -0.4 is 16.0 Å². The zero-order valence-electron chi connectivity index (χ0n) is 15.9. The molecule has 3 aromatic rings. The van der Waals surface area contributed by atoms with E-state index in [1.807, 2.05) is 0 Å². The Morgan fingerprint density at radius 1 is 1.19 bits per heavy atom. The van der Waals surface area contributed by atoms with Gasteiger partial charge in [0.25, 0.3) is 11.8 Å². The van der Waals surface area contributed by atoms with Crippen LogP contribution >= 0.6 is 0 Å². The predicted octanol–water partition coefficient (Wildman–Crippen LogP) is 0.900. The van der Waals surface area contributed by atoms with Gasteiger partial charge in [0.1, 0.15) is 5.82 Å². The maximum Gasteiger partial charge on any atom is 0.439 e. The summed E-state index contributed by atoms with van der Waals surface area (Å²) >= 11 is 0. The highest BCUT2D eigenvalue weighted by molar-refractivity contribution is 6.03. The van der Waals surface area contributed by atoms with Crippen LogP contribution in [0, 0.1) is 5.82 Å². The third-order valence-corrected chi connectivity index (χ3v) is 4.68. The second-order valence-corrected chi connectivity index (χ2v) is 6.71. The van der Waals surface area contributed by atoms with E-state index < -0.39 is 35.6 Å². The lowest BCUT2D eigenvalue weighted by Crippen LogP contribution is -2.55. The van der Waals surface area contributed by atoms with Crippen molar-refractivity contribution >= 4 is 23.2 Å². The summed E-state index contributed by atoms with van der Waals surface area (Å²) in [6.45, 7) is 0.309. The summed E-state index contributed by atoms with van der Waals surface area (Å²) in [6.07, 6.45) is -3.17. The lowest BCUT2D eigenvalue weighted by Gasteiger charge is -2.34. The molecule has 1 aromatic heterocycles. The zero-order chi connectivity index (χ0) is 22.0. The zero-order valence-corrected chi connectivity index (χ0v) is 15.9. The molecular weight excluding hydrogens is 411 g/mol. The Balaban J connectivity index is 1.43. The molecular formula is C20H17FN4O6. The van der Waals surface area contributed by atoms with Crippen LogP contribution in [0.25, 0.3) is 11.4 Å². The van der Waals surface area contributed by atoms with Crippen LogP contribution in [-0.4, -0.2) is 52.4 Å². The number of aromatic amines is 1. The van der Waals surface area contributed by atoms with Gasteiger partial charge >= 0.3 is 5.76 Å². The van der Waals surface area contributed by atoms with Gasteiger partial charge < -0.3 is 20.1 Å². The van der Waals surface area contributed by atoms with Gasteiger partial charge in [-0.15, -0.1) is 0 Å². The molecule has 0 aliphatic carbocycles. The number of benzene rings is 2. The Bertz CT molecular complexity index is 1140. The van der Waals surface area contributed by atoms with E-state index in [-0.39, 0.29) is 19.0 Å². The highest BCUT2D eigenvalue weighted by Gasteiger charge is 2.39. The molecule has 0 bridgehead atoms. The largest absolute Gasteiger partial charge is 0.439 e. The number of aliphatic hydroxyl groups excluding tert-OH is 1. The van der Waals surface area contributed by atoms with Crippen molar-refractivity contribution in [2.24, 2.45) is 0 Å². The maximum absolute atomic E-state index is 13.1. The Kier molecular flexibility index (Phi) is 5.60. The molecule has 2 atom stereocenters. The highest BCUT2D eigenvalue weighted by Crippen LogP contribution is 2.22. The van der Waals surface area contributed by atoms with E-state index in [0.29, 0.717) is 16.9 Å². The number of nitrogens with one attached hydrogen (secondary N) is 2. The van der Waals surface area contributed by atoms with Crippen molar-refractivity contribution in [3.05, 3.63) is 64.9 Å². The summed E-state index contributed by atoms with van der Waals surface area (Å²) in [4.78, 5) is 40.0. The number of nitrogens with zero attached hydrogens (tertiary/aromatic N) is 2. The molecule has 31 heavy (non-hydrogen) atoms. The summed E-state index contributed by atoms with van der Waals surface area (Å²) in [7, 11) is 0. The molecule has 1 fully saturated rings. The van der Waals surface area contributed by atoms with Crippen LogP contribution in [0.15, 0.2) is 57.8 Å². The fraction of sp³-hybridized carbons (Fsp3) is 0.200. The Morgan fingerprint density at radius 3 is 2.55 bits per heavy atom. The summed E-state index contributed by atoms with van der Waals surface area (Å²) in [5, 5.41) is 16.5. The molecule has 1 aliphatic rings. The van der Waals surface area contributed by atoms with E-state index in [0.717, 1.165) is 0 Å². The number of rotatable bonds is 5. The number of carbonyl (C=O) groups excluding carboxylic acids is 2. The number of H-pyrrole nitrogens is 1. The second kappa shape index (κ2) is 8.50. The first-order valence-electron chi connectivity index (χ1n) is 9.26. The van der Waals surface area contributed by atoms with Crippen LogP contribution in [0.2, 0.25) is 0 Å². The number of halogens is 1. The van der Waals surface area contributed by atoms with E-state index >= 15 is 0 Å². The third-order valence-electron chi connectivity index (χ3n) is 4.68. The summed E-state index contributed by atoms with van der Waals surface area (Å²) in [5.41, 5.74) is 1.33. The number of ether oxygens (including phenoxy) is 1. The number of hydrogen-bond acceptors (Lipinski definition) is 7. The van der Waals surface area contributed by atoms with Crippen molar-refractivity contribution in [2.45, 2.75) is 12.2 Å². The topological polar surface area (TPSA) is 138 Å². The minimum absolute atomic E-state index is 0.0999. The smallest absolute Gasteiger partial charge is 0.380 e. The monoisotopic (exact) mass is 428 g/mol. The van der Waals surface area contributed by atoms with Crippen molar-refractivity contribution in [3.8, 4) is 11.4 Å². The van der Waals surface area contributed by atoms with E-state index in [1.54, 1.807) is 12.1 Å². The highest BCUT2D eigenvalue weighted by atomic mass is 19.1. The van der Waals surface area contributed by atoms with E-state index in [2.05, 4.69) is 20.0 Å². The first-order valence-corrected chi connectivity index (χ1v) is 9.26. The van der Waals surface area contributed by atoms with Crippen LogP contribution in [0.1, 0.15) is 0 Å². The molecule has 10 nitrogen and oxygen atoms in total. The average Bonchev–Trinajstić information content (AvgIpc) is 3.21. The van der Waals surface area contributed by atoms with Crippen LogP contribution in [-0.2, 0) is 14.3 Å². The molecule has 0 unspecified atom stereocenters. The van der Waals surface area contributed by atoms with Gasteiger partial charge in [-0.25, -0.2) is 9.18 Å². The molecule has 4 rings (SSSR count). The molecule has 3 N–H and O–H groups in total. The molecule has 0 radical (unpaired) electrons. The van der Waals surface area contributed by atoms with Gasteiger partial charge in [-0.1, -0.05) is 5.16 Å². The van der Waals surface area contributed by atoms with Crippen LogP contribution in [0.4, 0.5) is 15.8 Å². The number of amides is 2. The Labute approximate surface area is 174 Å². The number of aliphatic hydroxyl groups is 1. The first-order chi connectivity index (χ1) is 14.9. The molecule has 1 aliphatic heterocycles. The van der Waals surface area contributed by atoms with Gasteiger partial charge in [-0.05, 0) is 48.5 Å². The minimum Gasteiger partial charge on any atom is -0.380 e. The van der Waals surface area contributed by atoms with Crippen molar-refractivity contribution < 1.29 is 28.3 Å². The molecule has 1 saturated heterocycles. The van der Waals surface area contributed by atoms with Crippen LogP contribution in [0.5, 0.6) is 0 Å². The van der Waals surface area contributed by atoms with Crippen molar-refractivity contribution in [3.63, 3.8) is 0 Å². The second-order valence-electron chi connectivity index (χ2n) is 6.71. The summed E-state index contributed by atoms with van der Waals surface area (Å²) in [5.74, 6) is -2.35. The molecule has 2 amide bonds. The van der Waals surface area contributed by atoms with E-state index in [4.69, 9.17) is 4.74 Å². The number of anilines is 2. The van der Waals surface area contributed by atoms with E-state index in [1.165, 1.54) is 41.3 Å². The van der Waals surface area contributed by atoms with Gasteiger partial charge in [-0.3, -0.25) is 19.1 Å². The van der Waals surface area contributed by atoms with Crippen molar-refractivity contribution in [1.82, 2.24) is 10.1 Å². The predicted molar refractivity (Wildman–Crippen MR) is 106 cm³/mol. The van der Waals surface area contributed by atoms with Crippen LogP contribution in [0.3, 0.4) is 0 Å². The van der Waals surface area contributed by atoms with Gasteiger partial charge in [0.2, 0.25) is 0 Å². The molecule has 160 valence electrons. The van der Waals surface area contributed by atoms with Gasteiger partial charge in [-0.2, -0.15) is 0 Å². The molecule has 2 heterocycles. The number of aromatic nitrogens is 2. The standard InChI is InChI=1S/C20H17FN4O6/c21-12-3-7-14(8-4-12)25-9-10-30-16(19(25)28)15(26)18(27)22-13-5-1-11(2-6-13)17-23-20(29)31-24-17/h1-8,15-16,26H,9-10H2,(H,22,27)(H,23,24,29)/t15-,16-/m1/s1. The maximum atomic E-state index is 13.1.